The van der Waals surface area contributed by atoms with Gasteiger partial charge in [-0.05, 0) is 29.7 Å². The summed E-state index contributed by atoms with van der Waals surface area (Å²) in [6, 6.07) is 11.9. The van der Waals surface area contributed by atoms with Crippen molar-refractivity contribution in [3.05, 3.63) is 42.0 Å². The van der Waals surface area contributed by atoms with Crippen LogP contribution >= 0.6 is 0 Å². The molecule has 2 aromatic carbocycles. The van der Waals surface area contributed by atoms with E-state index in [9.17, 15) is 4.79 Å². The second kappa shape index (κ2) is 4.94. The summed E-state index contributed by atoms with van der Waals surface area (Å²) in [5, 5.41) is 0. The minimum absolute atomic E-state index is 0.250. The first-order valence-corrected chi connectivity index (χ1v) is 7.15. The second-order valence-corrected chi connectivity index (χ2v) is 5.25. The van der Waals surface area contributed by atoms with Crippen LogP contribution in [0.1, 0.15) is 5.56 Å². The molecule has 22 heavy (non-hydrogen) atoms. The fourth-order valence-corrected chi connectivity index (χ4v) is 3.05. The van der Waals surface area contributed by atoms with Crippen LogP contribution in [0.5, 0.6) is 11.5 Å². The third kappa shape index (κ3) is 1.89. The van der Waals surface area contributed by atoms with E-state index in [1.807, 2.05) is 30.3 Å². The molecule has 0 bridgehead atoms. The maximum Gasteiger partial charge on any atom is 0.414 e. The van der Waals surface area contributed by atoms with Crippen LogP contribution < -0.4 is 14.4 Å². The smallest absolute Gasteiger partial charge is 0.414 e. The highest BCUT2D eigenvalue weighted by molar-refractivity contribution is 5.97. The summed E-state index contributed by atoms with van der Waals surface area (Å²) in [5.41, 5.74) is 4.07. The van der Waals surface area contributed by atoms with Crippen LogP contribution in [0.2, 0.25) is 0 Å². The van der Waals surface area contributed by atoms with Gasteiger partial charge in [0.1, 0.15) is 0 Å². The number of rotatable bonds is 1. The Hall–Kier alpha value is -2.69. The van der Waals surface area contributed by atoms with Crippen molar-refractivity contribution in [1.82, 2.24) is 0 Å². The van der Waals surface area contributed by atoms with Gasteiger partial charge in [-0.1, -0.05) is 24.3 Å². The van der Waals surface area contributed by atoms with Gasteiger partial charge in [-0.2, -0.15) is 0 Å². The van der Waals surface area contributed by atoms with Crippen LogP contribution in [0.15, 0.2) is 36.4 Å². The SMILES string of the molecule is COC(=O)N1CCc2cccc(-c3ccc4c(c3)OCO4)c21. The van der Waals surface area contributed by atoms with Crippen molar-refractivity contribution in [3.63, 3.8) is 0 Å². The Morgan fingerprint density at radius 1 is 1.18 bits per heavy atom. The first-order chi connectivity index (χ1) is 10.8. The van der Waals surface area contributed by atoms with Crippen LogP contribution in [0.3, 0.4) is 0 Å². The standard InChI is InChI=1S/C17H15NO4/c1-20-17(19)18-8-7-11-3-2-4-13(16(11)18)12-5-6-14-15(9-12)22-10-21-14/h2-6,9H,7-8,10H2,1H3. The van der Waals surface area contributed by atoms with Crippen molar-refractivity contribution in [2.24, 2.45) is 0 Å². The Balaban J connectivity index is 1.83. The van der Waals surface area contributed by atoms with Crippen molar-refractivity contribution in [2.45, 2.75) is 6.42 Å². The van der Waals surface area contributed by atoms with E-state index in [1.54, 1.807) is 4.90 Å². The van der Waals surface area contributed by atoms with E-state index < -0.39 is 0 Å². The molecule has 0 saturated heterocycles. The van der Waals surface area contributed by atoms with Crippen molar-refractivity contribution in [2.75, 3.05) is 25.3 Å². The average Bonchev–Trinajstić information content (AvgIpc) is 3.19. The number of fused-ring (bicyclic) bond motifs is 2. The molecule has 2 aliphatic rings. The topological polar surface area (TPSA) is 48.0 Å². The lowest BCUT2D eigenvalue weighted by molar-refractivity contribution is 0.174. The molecule has 0 saturated carbocycles. The molecule has 0 aromatic heterocycles. The number of carbonyl (C=O) groups excluding carboxylic acids is 1. The molecule has 0 unspecified atom stereocenters. The third-order valence-corrected chi connectivity index (χ3v) is 4.07. The highest BCUT2D eigenvalue weighted by Gasteiger charge is 2.28. The molecular weight excluding hydrogens is 282 g/mol. The van der Waals surface area contributed by atoms with Gasteiger partial charge in [-0.25, -0.2) is 4.79 Å². The van der Waals surface area contributed by atoms with Gasteiger partial charge in [0.2, 0.25) is 6.79 Å². The van der Waals surface area contributed by atoms with E-state index in [0.717, 1.165) is 40.3 Å². The summed E-state index contributed by atoms with van der Waals surface area (Å²) in [7, 11) is 1.41. The summed E-state index contributed by atoms with van der Waals surface area (Å²) in [4.78, 5) is 13.7. The monoisotopic (exact) mass is 297 g/mol. The molecule has 0 fully saturated rings. The number of benzene rings is 2. The molecular formula is C17H15NO4. The van der Waals surface area contributed by atoms with E-state index in [0.29, 0.717) is 6.54 Å². The largest absolute Gasteiger partial charge is 0.454 e. The van der Waals surface area contributed by atoms with Gasteiger partial charge < -0.3 is 14.2 Å². The van der Waals surface area contributed by atoms with Gasteiger partial charge in [0.15, 0.2) is 11.5 Å². The Kier molecular flexibility index (Phi) is 2.92. The Labute approximate surface area is 128 Å². The van der Waals surface area contributed by atoms with E-state index >= 15 is 0 Å². The Morgan fingerprint density at radius 3 is 2.91 bits per heavy atom. The highest BCUT2D eigenvalue weighted by Crippen LogP contribution is 2.42. The average molecular weight is 297 g/mol. The number of hydrogen-bond acceptors (Lipinski definition) is 4. The minimum Gasteiger partial charge on any atom is -0.454 e. The molecule has 5 nitrogen and oxygen atoms in total. The lowest BCUT2D eigenvalue weighted by Gasteiger charge is -2.19. The number of hydrogen-bond donors (Lipinski definition) is 0. The molecule has 0 N–H and O–H groups in total. The maximum absolute atomic E-state index is 12.0. The van der Waals surface area contributed by atoms with E-state index in [1.165, 1.54) is 7.11 Å². The summed E-state index contributed by atoms with van der Waals surface area (Å²) in [5.74, 6) is 1.49. The normalized spacial score (nSPS) is 14.9. The molecule has 112 valence electrons. The van der Waals surface area contributed by atoms with Crippen LogP contribution in [-0.4, -0.2) is 26.5 Å². The fraction of sp³-hybridized carbons (Fsp3) is 0.235. The van der Waals surface area contributed by atoms with Crippen molar-refractivity contribution in [3.8, 4) is 22.6 Å². The number of methoxy groups -OCH3 is 1. The number of ether oxygens (including phenoxy) is 3. The molecule has 2 heterocycles. The minimum atomic E-state index is -0.327. The summed E-state index contributed by atoms with van der Waals surface area (Å²) in [6.45, 7) is 0.892. The molecule has 2 aromatic rings. The Bertz CT molecular complexity index is 756. The van der Waals surface area contributed by atoms with Crippen LogP contribution in [0.4, 0.5) is 10.5 Å². The van der Waals surface area contributed by atoms with Gasteiger partial charge in [-0.3, -0.25) is 4.90 Å². The van der Waals surface area contributed by atoms with E-state index in [2.05, 4.69) is 6.07 Å². The molecule has 0 atom stereocenters. The zero-order chi connectivity index (χ0) is 15.1. The van der Waals surface area contributed by atoms with E-state index in [4.69, 9.17) is 14.2 Å². The lowest BCUT2D eigenvalue weighted by Crippen LogP contribution is -2.28. The number of nitrogens with zero attached hydrogens (tertiary/aromatic N) is 1. The summed E-state index contributed by atoms with van der Waals surface area (Å²) in [6.07, 6.45) is 0.509. The Morgan fingerprint density at radius 2 is 2.05 bits per heavy atom. The molecule has 0 aliphatic carbocycles. The fourth-order valence-electron chi connectivity index (χ4n) is 3.05. The third-order valence-electron chi connectivity index (χ3n) is 4.07. The first kappa shape index (κ1) is 13.0. The number of para-hydroxylation sites is 1. The molecule has 5 heteroatoms. The zero-order valence-electron chi connectivity index (χ0n) is 12.2. The van der Waals surface area contributed by atoms with Crippen molar-refractivity contribution < 1.29 is 19.0 Å². The predicted octanol–water partition coefficient (Wildman–Crippen LogP) is 3.21. The van der Waals surface area contributed by atoms with Gasteiger partial charge in [0, 0.05) is 12.1 Å². The lowest BCUT2D eigenvalue weighted by atomic mass is 10.00. The van der Waals surface area contributed by atoms with Crippen LogP contribution in [0, 0.1) is 0 Å². The van der Waals surface area contributed by atoms with Crippen molar-refractivity contribution in [1.29, 1.82) is 0 Å². The van der Waals surface area contributed by atoms with Gasteiger partial charge in [0.25, 0.3) is 0 Å². The van der Waals surface area contributed by atoms with E-state index in [-0.39, 0.29) is 12.9 Å². The second-order valence-electron chi connectivity index (χ2n) is 5.25. The highest BCUT2D eigenvalue weighted by atomic mass is 16.7. The maximum atomic E-state index is 12.0. The zero-order valence-corrected chi connectivity index (χ0v) is 12.2. The van der Waals surface area contributed by atoms with Crippen molar-refractivity contribution >= 4 is 11.8 Å². The summed E-state index contributed by atoms with van der Waals surface area (Å²) < 4.78 is 15.7. The van der Waals surface area contributed by atoms with Gasteiger partial charge in [0.05, 0.1) is 12.8 Å². The van der Waals surface area contributed by atoms with Crippen LogP contribution in [-0.2, 0) is 11.2 Å². The molecule has 0 radical (unpaired) electrons. The number of amides is 1. The quantitative estimate of drug-likeness (QED) is 0.811. The molecule has 4 rings (SSSR count). The summed E-state index contributed by atoms with van der Waals surface area (Å²) >= 11 is 0. The predicted molar refractivity (Wildman–Crippen MR) is 81.5 cm³/mol. The first-order valence-electron chi connectivity index (χ1n) is 7.15. The number of anilines is 1. The van der Waals surface area contributed by atoms with Gasteiger partial charge >= 0.3 is 6.09 Å². The molecule has 2 aliphatic heterocycles. The van der Waals surface area contributed by atoms with Crippen LogP contribution in [0.25, 0.3) is 11.1 Å². The van der Waals surface area contributed by atoms with Gasteiger partial charge in [-0.15, -0.1) is 0 Å². The molecule has 1 amide bonds. The number of carbonyl (C=O) groups is 1. The molecule has 0 spiro atoms.